The number of likely N-dealkylation sites (tertiary alicyclic amines) is 1. The molecule has 2 atom stereocenters. The average molecular weight is 265 g/mol. The lowest BCUT2D eigenvalue weighted by atomic mass is 9.49. The summed E-state index contributed by atoms with van der Waals surface area (Å²) in [5.41, 5.74) is -0.140. The first kappa shape index (κ1) is 12.2. The van der Waals surface area contributed by atoms with Crippen LogP contribution in [0.1, 0.15) is 38.5 Å². The van der Waals surface area contributed by atoms with Gasteiger partial charge in [0, 0.05) is 13.1 Å². The number of rotatable bonds is 1. The van der Waals surface area contributed by atoms with Gasteiger partial charge in [0.25, 0.3) is 0 Å². The Morgan fingerprint density at radius 2 is 1.32 bits per heavy atom. The number of carbonyl (C=O) groups is 1. The van der Waals surface area contributed by atoms with Crippen LogP contribution in [-0.2, 0) is 4.79 Å². The van der Waals surface area contributed by atoms with E-state index in [-0.39, 0.29) is 11.3 Å². The molecule has 19 heavy (non-hydrogen) atoms. The van der Waals surface area contributed by atoms with E-state index in [1.54, 1.807) is 4.90 Å². The predicted molar refractivity (Wildman–Crippen MR) is 69.2 cm³/mol. The molecule has 4 bridgehead atoms. The van der Waals surface area contributed by atoms with Crippen molar-refractivity contribution in [3.8, 4) is 0 Å². The zero-order valence-electron chi connectivity index (χ0n) is 11.3. The van der Waals surface area contributed by atoms with E-state index >= 15 is 0 Å². The summed E-state index contributed by atoms with van der Waals surface area (Å²) in [6.45, 7) is 0.642. The second kappa shape index (κ2) is 3.95. The standard InChI is InChI=1S/C15H23NO3/c17-12-7-16(8-13(12)18)14(19)15-4-9-1-10(5-15)3-11(2-9)6-15/h9-13,17-18H,1-8H2. The zero-order chi connectivity index (χ0) is 13.2. The Bertz CT molecular complexity index is 363. The van der Waals surface area contributed by atoms with E-state index in [2.05, 4.69) is 0 Å². The summed E-state index contributed by atoms with van der Waals surface area (Å²) in [5.74, 6) is 2.50. The number of aliphatic hydroxyl groups excluding tert-OH is 2. The van der Waals surface area contributed by atoms with Crippen LogP contribution in [0.3, 0.4) is 0 Å². The Morgan fingerprint density at radius 3 is 1.74 bits per heavy atom. The van der Waals surface area contributed by atoms with E-state index in [9.17, 15) is 15.0 Å². The lowest BCUT2D eigenvalue weighted by Gasteiger charge is -2.56. The van der Waals surface area contributed by atoms with E-state index in [0.717, 1.165) is 37.0 Å². The fourth-order valence-electron chi connectivity index (χ4n) is 5.64. The first-order valence-corrected chi connectivity index (χ1v) is 7.71. The lowest BCUT2D eigenvalue weighted by molar-refractivity contribution is -0.157. The smallest absolute Gasteiger partial charge is 0.229 e. The summed E-state index contributed by atoms with van der Waals surface area (Å²) in [6, 6.07) is 0. The van der Waals surface area contributed by atoms with Gasteiger partial charge >= 0.3 is 0 Å². The molecule has 106 valence electrons. The molecule has 1 saturated heterocycles. The molecule has 0 aromatic rings. The van der Waals surface area contributed by atoms with Crippen molar-refractivity contribution in [1.29, 1.82) is 0 Å². The molecule has 0 aromatic carbocycles. The molecule has 4 aliphatic carbocycles. The fourth-order valence-corrected chi connectivity index (χ4v) is 5.64. The molecule has 4 heteroatoms. The lowest BCUT2D eigenvalue weighted by Crippen LogP contribution is -2.54. The molecular weight excluding hydrogens is 242 g/mol. The van der Waals surface area contributed by atoms with E-state index < -0.39 is 12.2 Å². The van der Waals surface area contributed by atoms with Crippen LogP contribution in [0.4, 0.5) is 0 Å². The first-order valence-electron chi connectivity index (χ1n) is 7.71. The normalized spacial score (nSPS) is 51.9. The molecule has 5 rings (SSSR count). The fraction of sp³-hybridized carbons (Fsp3) is 0.933. The molecule has 5 fully saturated rings. The molecule has 4 nitrogen and oxygen atoms in total. The van der Waals surface area contributed by atoms with Crippen molar-refractivity contribution in [2.45, 2.75) is 50.7 Å². The molecular formula is C15H23NO3. The van der Waals surface area contributed by atoms with E-state index in [0.29, 0.717) is 13.1 Å². The number of hydrogen-bond acceptors (Lipinski definition) is 3. The number of amides is 1. The topological polar surface area (TPSA) is 60.8 Å². The number of carbonyl (C=O) groups excluding carboxylic acids is 1. The Morgan fingerprint density at radius 1 is 0.895 bits per heavy atom. The summed E-state index contributed by atoms with van der Waals surface area (Å²) in [5, 5.41) is 19.3. The van der Waals surface area contributed by atoms with Crippen LogP contribution in [0.15, 0.2) is 0 Å². The minimum absolute atomic E-state index is 0.140. The average Bonchev–Trinajstić information content (AvgIpc) is 2.67. The number of aliphatic hydroxyl groups is 2. The van der Waals surface area contributed by atoms with Crippen molar-refractivity contribution in [3.05, 3.63) is 0 Å². The highest BCUT2D eigenvalue weighted by Gasteiger charge is 2.56. The van der Waals surface area contributed by atoms with Gasteiger partial charge in [0.1, 0.15) is 0 Å². The van der Waals surface area contributed by atoms with E-state index in [4.69, 9.17) is 0 Å². The SMILES string of the molecule is O=C(N1CC(O)C(O)C1)C12CC3CC(CC(C3)C1)C2. The van der Waals surface area contributed by atoms with Crippen molar-refractivity contribution in [3.63, 3.8) is 0 Å². The molecule has 2 N–H and O–H groups in total. The molecule has 1 heterocycles. The highest BCUT2D eigenvalue weighted by atomic mass is 16.3. The molecule has 0 spiro atoms. The maximum absolute atomic E-state index is 12.9. The zero-order valence-corrected chi connectivity index (χ0v) is 11.3. The molecule has 0 aromatic heterocycles. The van der Waals surface area contributed by atoms with Crippen LogP contribution in [0, 0.1) is 23.2 Å². The number of hydrogen-bond donors (Lipinski definition) is 2. The molecule has 0 radical (unpaired) electrons. The Kier molecular flexibility index (Phi) is 2.53. The van der Waals surface area contributed by atoms with Crippen molar-refractivity contribution >= 4 is 5.91 Å². The van der Waals surface area contributed by atoms with Gasteiger partial charge in [-0.3, -0.25) is 4.79 Å². The second-order valence-electron chi connectivity index (χ2n) is 7.54. The molecule has 5 aliphatic rings. The van der Waals surface area contributed by atoms with Crippen LogP contribution < -0.4 is 0 Å². The largest absolute Gasteiger partial charge is 0.388 e. The van der Waals surface area contributed by atoms with Crippen LogP contribution in [0.5, 0.6) is 0 Å². The molecule has 1 aliphatic heterocycles. The van der Waals surface area contributed by atoms with Gasteiger partial charge in [-0.2, -0.15) is 0 Å². The molecule has 4 saturated carbocycles. The van der Waals surface area contributed by atoms with Crippen molar-refractivity contribution < 1.29 is 15.0 Å². The summed E-state index contributed by atoms with van der Waals surface area (Å²) in [4.78, 5) is 14.6. The third kappa shape index (κ3) is 1.76. The third-order valence-electron chi connectivity index (χ3n) is 6.04. The first-order chi connectivity index (χ1) is 9.06. The molecule has 1 amide bonds. The summed E-state index contributed by atoms with van der Waals surface area (Å²) < 4.78 is 0. The Labute approximate surface area is 113 Å². The van der Waals surface area contributed by atoms with Crippen LogP contribution >= 0.6 is 0 Å². The molecule has 2 unspecified atom stereocenters. The van der Waals surface area contributed by atoms with E-state index in [1.165, 1.54) is 19.3 Å². The summed E-state index contributed by atoms with van der Waals surface area (Å²) in [7, 11) is 0. The van der Waals surface area contributed by atoms with Gasteiger partial charge in [0.15, 0.2) is 0 Å². The minimum Gasteiger partial charge on any atom is -0.388 e. The van der Waals surface area contributed by atoms with Gasteiger partial charge in [-0.1, -0.05) is 0 Å². The number of nitrogens with zero attached hydrogens (tertiary/aromatic N) is 1. The van der Waals surface area contributed by atoms with Crippen molar-refractivity contribution in [1.82, 2.24) is 4.90 Å². The van der Waals surface area contributed by atoms with E-state index in [1.807, 2.05) is 0 Å². The monoisotopic (exact) mass is 265 g/mol. The minimum atomic E-state index is -0.752. The maximum atomic E-state index is 12.9. The highest BCUT2D eigenvalue weighted by Crippen LogP contribution is 2.60. The van der Waals surface area contributed by atoms with Gasteiger partial charge in [0.05, 0.1) is 17.6 Å². The van der Waals surface area contributed by atoms with Gasteiger partial charge < -0.3 is 15.1 Å². The maximum Gasteiger partial charge on any atom is 0.229 e. The Balaban J connectivity index is 1.57. The van der Waals surface area contributed by atoms with Crippen LogP contribution in [-0.4, -0.2) is 46.3 Å². The highest BCUT2D eigenvalue weighted by molar-refractivity contribution is 5.83. The van der Waals surface area contributed by atoms with Gasteiger partial charge in [-0.15, -0.1) is 0 Å². The van der Waals surface area contributed by atoms with Gasteiger partial charge in [0.2, 0.25) is 5.91 Å². The quantitative estimate of drug-likeness (QED) is 0.736. The third-order valence-corrected chi connectivity index (χ3v) is 6.04. The van der Waals surface area contributed by atoms with Crippen LogP contribution in [0.25, 0.3) is 0 Å². The van der Waals surface area contributed by atoms with Gasteiger partial charge in [-0.05, 0) is 56.3 Å². The summed E-state index contributed by atoms with van der Waals surface area (Å²) >= 11 is 0. The van der Waals surface area contributed by atoms with Crippen molar-refractivity contribution in [2.75, 3.05) is 13.1 Å². The second-order valence-corrected chi connectivity index (χ2v) is 7.54. The Hall–Kier alpha value is -0.610. The van der Waals surface area contributed by atoms with Gasteiger partial charge in [-0.25, -0.2) is 0 Å². The number of β-amino-alcohol motifs (C(OH)–C–C–N with tert-alkyl or cyclic N) is 2. The summed E-state index contributed by atoms with van der Waals surface area (Å²) in [6.07, 6.45) is 5.66. The predicted octanol–water partition coefficient (Wildman–Crippen LogP) is 0.767. The van der Waals surface area contributed by atoms with Crippen molar-refractivity contribution in [2.24, 2.45) is 23.2 Å². The van der Waals surface area contributed by atoms with Crippen LogP contribution in [0.2, 0.25) is 0 Å².